The minimum atomic E-state index is 0.315. The average molecular weight is 378 g/mol. The van der Waals surface area contributed by atoms with Gasteiger partial charge in [0.15, 0.2) is 11.5 Å². The van der Waals surface area contributed by atoms with Crippen molar-refractivity contribution in [3.05, 3.63) is 58.7 Å². The van der Waals surface area contributed by atoms with Crippen molar-refractivity contribution in [1.82, 2.24) is 0 Å². The maximum absolute atomic E-state index is 9.01. The number of oxime groups is 1. The number of hydrogen-bond donors (Lipinski definition) is 1. The van der Waals surface area contributed by atoms with Crippen LogP contribution in [-0.4, -0.2) is 36.9 Å². The first-order chi connectivity index (χ1) is 13.7. The van der Waals surface area contributed by atoms with Crippen molar-refractivity contribution in [2.24, 2.45) is 10.1 Å². The van der Waals surface area contributed by atoms with Gasteiger partial charge in [0, 0.05) is 17.0 Å². The molecule has 0 radical (unpaired) electrons. The van der Waals surface area contributed by atoms with Gasteiger partial charge in [-0.3, -0.25) is 4.99 Å². The minimum Gasteiger partial charge on any atom is -0.493 e. The van der Waals surface area contributed by atoms with Gasteiger partial charge in [-0.2, -0.15) is 0 Å². The van der Waals surface area contributed by atoms with Crippen LogP contribution in [-0.2, 0) is 0 Å². The molecule has 0 unspecified atom stereocenters. The van der Waals surface area contributed by atoms with Crippen LogP contribution in [0.25, 0.3) is 0 Å². The number of hydrogen-bond acceptors (Lipinski definition) is 5. The van der Waals surface area contributed by atoms with Crippen LogP contribution in [0.3, 0.4) is 0 Å². The van der Waals surface area contributed by atoms with Crippen LogP contribution >= 0.6 is 0 Å². The van der Waals surface area contributed by atoms with Crippen LogP contribution in [0.15, 0.2) is 46.5 Å². The Balaban J connectivity index is 1.84. The first-order valence-electron chi connectivity index (χ1n) is 9.79. The first-order valence-corrected chi connectivity index (χ1v) is 9.79. The molecule has 5 nitrogen and oxygen atoms in total. The van der Waals surface area contributed by atoms with E-state index in [9.17, 15) is 0 Å². The summed E-state index contributed by atoms with van der Waals surface area (Å²) in [4.78, 5) is 5.18. The number of ether oxygens (including phenoxy) is 2. The third-order valence-corrected chi connectivity index (χ3v) is 5.96. The molecule has 1 fully saturated rings. The number of nitrogens with zero attached hydrogens (tertiary/aromatic N) is 2. The summed E-state index contributed by atoms with van der Waals surface area (Å²) in [5, 5.41) is 12.3. The van der Waals surface area contributed by atoms with Crippen LogP contribution in [0, 0.1) is 0 Å². The minimum absolute atomic E-state index is 0.315. The van der Waals surface area contributed by atoms with E-state index in [2.05, 4.69) is 17.3 Å². The smallest absolute Gasteiger partial charge is 0.161 e. The van der Waals surface area contributed by atoms with Gasteiger partial charge in [0.25, 0.3) is 0 Å². The molecule has 5 heteroatoms. The van der Waals surface area contributed by atoms with Gasteiger partial charge >= 0.3 is 0 Å². The van der Waals surface area contributed by atoms with Crippen LogP contribution in [0.4, 0.5) is 0 Å². The van der Waals surface area contributed by atoms with Crippen molar-refractivity contribution < 1.29 is 14.7 Å². The van der Waals surface area contributed by atoms with Gasteiger partial charge in [0.05, 0.1) is 31.7 Å². The van der Waals surface area contributed by atoms with Gasteiger partial charge in [-0.1, -0.05) is 42.3 Å². The molecule has 146 valence electrons. The summed E-state index contributed by atoms with van der Waals surface area (Å²) in [6.45, 7) is 1.78. The van der Waals surface area contributed by atoms with E-state index in [1.54, 1.807) is 21.1 Å². The van der Waals surface area contributed by atoms with Crippen LogP contribution in [0.2, 0.25) is 0 Å². The molecular formula is C23H26N2O3. The molecule has 2 aliphatic rings. The Labute approximate surface area is 165 Å². The molecule has 4 rings (SSSR count). The van der Waals surface area contributed by atoms with Gasteiger partial charge < -0.3 is 14.7 Å². The molecule has 1 N–H and O–H groups in total. The highest BCUT2D eigenvalue weighted by atomic mass is 16.5. The predicted octanol–water partition coefficient (Wildman–Crippen LogP) is 4.78. The topological polar surface area (TPSA) is 63.4 Å². The molecule has 2 aromatic rings. The van der Waals surface area contributed by atoms with E-state index in [0.717, 1.165) is 46.7 Å². The highest BCUT2D eigenvalue weighted by Crippen LogP contribution is 2.44. The SMILES string of the molecule is COc1cc2c(cc1OC)[C@H]1CCCC[C@H]1N=C2c1ccc(/C(C)=N/O)cc1. The molecule has 1 heterocycles. The van der Waals surface area contributed by atoms with Crippen LogP contribution in [0.5, 0.6) is 11.5 Å². The summed E-state index contributed by atoms with van der Waals surface area (Å²) >= 11 is 0. The van der Waals surface area contributed by atoms with E-state index in [0.29, 0.717) is 17.7 Å². The van der Waals surface area contributed by atoms with Crippen molar-refractivity contribution in [3.8, 4) is 11.5 Å². The average Bonchev–Trinajstić information content (AvgIpc) is 2.77. The molecular weight excluding hydrogens is 352 g/mol. The number of rotatable bonds is 4. The fourth-order valence-corrected chi connectivity index (χ4v) is 4.43. The monoisotopic (exact) mass is 378 g/mol. The molecule has 2 aromatic carbocycles. The normalized spacial score (nSPS) is 21.4. The summed E-state index contributed by atoms with van der Waals surface area (Å²) in [7, 11) is 3.35. The lowest BCUT2D eigenvalue weighted by atomic mass is 9.75. The van der Waals surface area contributed by atoms with Crippen molar-refractivity contribution in [2.45, 2.75) is 44.6 Å². The Morgan fingerprint density at radius 1 is 1.04 bits per heavy atom. The number of methoxy groups -OCH3 is 2. The fraction of sp³-hybridized carbons (Fsp3) is 0.391. The second kappa shape index (κ2) is 7.66. The quantitative estimate of drug-likeness (QED) is 0.473. The molecule has 0 amide bonds. The maximum atomic E-state index is 9.01. The number of fused-ring (bicyclic) bond motifs is 3. The molecule has 28 heavy (non-hydrogen) atoms. The highest BCUT2D eigenvalue weighted by molar-refractivity contribution is 6.15. The Morgan fingerprint density at radius 2 is 1.71 bits per heavy atom. The third-order valence-electron chi connectivity index (χ3n) is 5.96. The van der Waals surface area contributed by atoms with Gasteiger partial charge in [0.2, 0.25) is 0 Å². The lowest BCUT2D eigenvalue weighted by Crippen LogP contribution is -2.29. The highest BCUT2D eigenvalue weighted by Gasteiger charge is 2.34. The van der Waals surface area contributed by atoms with Crippen molar-refractivity contribution in [3.63, 3.8) is 0 Å². The van der Waals surface area contributed by atoms with Crippen LogP contribution in [0.1, 0.15) is 60.8 Å². The standard InChI is InChI=1S/C23H26N2O3/c1-14(25-26)15-8-10-16(11-9-15)23-19-13-22(28-3)21(27-2)12-18(19)17-6-4-5-7-20(17)24-23/h8-13,17,20,26H,4-7H2,1-3H3/b25-14+/t17-,20-/m1/s1. The maximum Gasteiger partial charge on any atom is 0.161 e. The molecule has 1 aliphatic carbocycles. The molecule has 0 aromatic heterocycles. The van der Waals surface area contributed by atoms with Gasteiger partial charge in [-0.15, -0.1) is 0 Å². The molecule has 1 aliphatic heterocycles. The lowest BCUT2D eigenvalue weighted by molar-refractivity contribution is 0.319. The Bertz CT molecular complexity index is 932. The largest absolute Gasteiger partial charge is 0.493 e. The van der Waals surface area contributed by atoms with Crippen LogP contribution < -0.4 is 9.47 Å². The summed E-state index contributed by atoms with van der Waals surface area (Å²) in [5.74, 6) is 1.94. The zero-order valence-electron chi connectivity index (χ0n) is 16.6. The van der Waals surface area contributed by atoms with Crippen molar-refractivity contribution in [2.75, 3.05) is 14.2 Å². The third kappa shape index (κ3) is 3.15. The molecule has 0 bridgehead atoms. The van der Waals surface area contributed by atoms with E-state index in [-0.39, 0.29) is 0 Å². The first kappa shape index (κ1) is 18.5. The van der Waals surface area contributed by atoms with Gasteiger partial charge in [-0.05, 0) is 43.0 Å². The van der Waals surface area contributed by atoms with Gasteiger partial charge in [-0.25, -0.2) is 0 Å². The Kier molecular flexibility index (Phi) is 5.07. The van der Waals surface area contributed by atoms with E-state index in [1.165, 1.54) is 18.4 Å². The summed E-state index contributed by atoms with van der Waals surface area (Å²) in [5.41, 5.74) is 5.99. The van der Waals surface area contributed by atoms with Gasteiger partial charge in [0.1, 0.15) is 0 Å². The fourth-order valence-electron chi connectivity index (χ4n) is 4.43. The summed E-state index contributed by atoms with van der Waals surface area (Å²) in [6.07, 6.45) is 4.76. The number of benzene rings is 2. The second-order valence-corrected chi connectivity index (χ2v) is 7.49. The zero-order valence-corrected chi connectivity index (χ0v) is 16.6. The van der Waals surface area contributed by atoms with E-state index in [1.807, 2.05) is 24.3 Å². The Morgan fingerprint density at radius 3 is 2.39 bits per heavy atom. The van der Waals surface area contributed by atoms with E-state index >= 15 is 0 Å². The van der Waals surface area contributed by atoms with E-state index in [4.69, 9.17) is 19.7 Å². The predicted molar refractivity (Wildman–Crippen MR) is 111 cm³/mol. The lowest BCUT2D eigenvalue weighted by Gasteiger charge is -2.35. The Hall–Kier alpha value is -2.82. The van der Waals surface area contributed by atoms with E-state index < -0.39 is 0 Å². The molecule has 1 saturated carbocycles. The zero-order chi connectivity index (χ0) is 19.7. The molecule has 0 spiro atoms. The summed E-state index contributed by atoms with van der Waals surface area (Å²) in [6, 6.07) is 12.6. The van der Waals surface area contributed by atoms with Crippen molar-refractivity contribution in [1.29, 1.82) is 0 Å². The second-order valence-electron chi connectivity index (χ2n) is 7.49. The molecule has 0 saturated heterocycles. The molecule has 2 atom stereocenters. The van der Waals surface area contributed by atoms with Crippen molar-refractivity contribution >= 4 is 11.4 Å². The number of aliphatic imine (C=N–C) groups is 1. The summed E-state index contributed by atoms with van der Waals surface area (Å²) < 4.78 is 11.1.